The number of hydrogen-bond acceptors (Lipinski definition) is 5. The maximum Gasteiger partial charge on any atom is 0.381 e. The Morgan fingerprint density at radius 2 is 2.41 bits per heavy atom. The summed E-state index contributed by atoms with van der Waals surface area (Å²) < 4.78 is 1.38. The topological polar surface area (TPSA) is 110 Å². The summed E-state index contributed by atoms with van der Waals surface area (Å²) in [5.74, 6) is -0.226. The number of imidazole rings is 1. The number of carbonyl (C=O) groups is 1. The van der Waals surface area contributed by atoms with Crippen molar-refractivity contribution in [2.24, 2.45) is 0 Å². The maximum atomic E-state index is 11.4. The van der Waals surface area contributed by atoms with Gasteiger partial charge in [-0.2, -0.15) is 0 Å². The molecule has 1 atom stereocenters. The summed E-state index contributed by atoms with van der Waals surface area (Å²) in [5, 5.41) is 21.9. The Bertz CT molecular complexity index is 427. The molecule has 0 fully saturated rings. The SMILES string of the molecule is Cc1nc([N+](=O)[O-])cn1CC(=O)NCC(C)O. The van der Waals surface area contributed by atoms with Crippen molar-refractivity contribution < 1.29 is 14.8 Å². The lowest BCUT2D eigenvalue weighted by molar-refractivity contribution is -0.389. The van der Waals surface area contributed by atoms with Crippen molar-refractivity contribution >= 4 is 11.7 Å². The molecule has 1 rings (SSSR count). The number of aliphatic hydroxyl groups excluding tert-OH is 1. The van der Waals surface area contributed by atoms with Crippen molar-refractivity contribution in [2.45, 2.75) is 26.5 Å². The van der Waals surface area contributed by atoms with Crippen LogP contribution in [0.1, 0.15) is 12.7 Å². The fourth-order valence-corrected chi connectivity index (χ4v) is 1.21. The summed E-state index contributed by atoms with van der Waals surface area (Å²) in [6.45, 7) is 3.22. The Kier molecular flexibility index (Phi) is 4.16. The Balaban J connectivity index is 2.62. The summed E-state index contributed by atoms with van der Waals surface area (Å²) in [6.07, 6.45) is 0.578. The first-order valence-electron chi connectivity index (χ1n) is 5.03. The molecule has 8 heteroatoms. The number of amides is 1. The number of carbonyl (C=O) groups excluding carboxylic acids is 1. The molecule has 2 N–H and O–H groups in total. The van der Waals surface area contributed by atoms with Crippen LogP contribution >= 0.6 is 0 Å². The van der Waals surface area contributed by atoms with Crippen LogP contribution in [0.25, 0.3) is 0 Å². The van der Waals surface area contributed by atoms with Gasteiger partial charge < -0.3 is 20.5 Å². The van der Waals surface area contributed by atoms with Crippen molar-refractivity contribution in [1.82, 2.24) is 14.9 Å². The number of aromatic nitrogens is 2. The first-order valence-corrected chi connectivity index (χ1v) is 5.03. The Morgan fingerprint density at radius 3 is 2.88 bits per heavy atom. The smallest absolute Gasteiger partial charge is 0.381 e. The molecule has 1 aromatic rings. The monoisotopic (exact) mass is 242 g/mol. The van der Waals surface area contributed by atoms with Crippen LogP contribution in [0.5, 0.6) is 0 Å². The minimum absolute atomic E-state index is 0.0562. The predicted molar refractivity (Wildman–Crippen MR) is 58.3 cm³/mol. The van der Waals surface area contributed by atoms with Gasteiger partial charge in [-0.15, -0.1) is 0 Å². The number of rotatable bonds is 5. The highest BCUT2D eigenvalue weighted by molar-refractivity contribution is 5.75. The third-order valence-electron chi connectivity index (χ3n) is 2.06. The lowest BCUT2D eigenvalue weighted by atomic mass is 10.4. The molecule has 1 heterocycles. The normalized spacial score (nSPS) is 12.2. The third kappa shape index (κ3) is 3.83. The van der Waals surface area contributed by atoms with Crippen LogP contribution in [0.2, 0.25) is 0 Å². The number of aliphatic hydroxyl groups is 1. The zero-order valence-corrected chi connectivity index (χ0v) is 9.58. The molecule has 17 heavy (non-hydrogen) atoms. The molecule has 0 aliphatic heterocycles. The molecule has 0 radical (unpaired) electrons. The van der Waals surface area contributed by atoms with Crippen molar-refractivity contribution in [1.29, 1.82) is 0 Å². The zero-order valence-electron chi connectivity index (χ0n) is 9.58. The van der Waals surface area contributed by atoms with Gasteiger partial charge in [-0.25, -0.2) is 0 Å². The molecule has 1 unspecified atom stereocenters. The van der Waals surface area contributed by atoms with E-state index in [0.29, 0.717) is 5.82 Å². The summed E-state index contributed by atoms with van der Waals surface area (Å²) in [5.41, 5.74) is 0. The minimum atomic E-state index is -0.628. The molecule has 0 aliphatic carbocycles. The summed E-state index contributed by atoms with van der Waals surface area (Å²) in [6, 6.07) is 0. The average molecular weight is 242 g/mol. The molecule has 0 aromatic carbocycles. The summed E-state index contributed by atoms with van der Waals surface area (Å²) in [4.78, 5) is 25.0. The van der Waals surface area contributed by atoms with E-state index in [-0.39, 0.29) is 24.8 Å². The van der Waals surface area contributed by atoms with Gasteiger partial charge in [-0.05, 0) is 16.8 Å². The van der Waals surface area contributed by atoms with Gasteiger partial charge in [-0.1, -0.05) is 0 Å². The molecule has 94 valence electrons. The van der Waals surface area contributed by atoms with Gasteiger partial charge in [0.1, 0.15) is 12.7 Å². The molecular weight excluding hydrogens is 228 g/mol. The van der Waals surface area contributed by atoms with E-state index in [2.05, 4.69) is 10.3 Å². The maximum absolute atomic E-state index is 11.4. The standard InChI is InChI=1S/C9H14N4O4/c1-6(14)3-10-9(15)5-12-4-8(13(16)17)11-7(12)2/h4,6,14H,3,5H2,1-2H3,(H,10,15). The lowest BCUT2D eigenvalue weighted by Gasteiger charge is -2.07. The largest absolute Gasteiger partial charge is 0.392 e. The van der Waals surface area contributed by atoms with Crippen molar-refractivity contribution in [3.8, 4) is 0 Å². The van der Waals surface area contributed by atoms with Crippen LogP contribution < -0.4 is 5.32 Å². The molecule has 0 saturated heterocycles. The van der Waals surface area contributed by atoms with E-state index in [1.807, 2.05) is 0 Å². The van der Waals surface area contributed by atoms with E-state index in [4.69, 9.17) is 5.11 Å². The van der Waals surface area contributed by atoms with E-state index in [1.54, 1.807) is 13.8 Å². The van der Waals surface area contributed by atoms with Crippen molar-refractivity contribution in [2.75, 3.05) is 6.54 Å². The quantitative estimate of drug-likeness (QED) is 0.539. The number of hydrogen-bond donors (Lipinski definition) is 2. The number of nitrogens with one attached hydrogen (secondary N) is 1. The number of nitro groups is 1. The van der Waals surface area contributed by atoms with Gasteiger partial charge in [0.2, 0.25) is 11.7 Å². The second-order valence-electron chi connectivity index (χ2n) is 3.68. The predicted octanol–water partition coefficient (Wildman–Crippen LogP) is -0.403. The molecule has 0 spiro atoms. The number of nitrogens with zero attached hydrogens (tertiary/aromatic N) is 3. The second kappa shape index (κ2) is 5.39. The Hall–Kier alpha value is -1.96. The summed E-state index contributed by atoms with van der Waals surface area (Å²) in [7, 11) is 0. The molecule has 0 saturated carbocycles. The highest BCUT2D eigenvalue weighted by atomic mass is 16.6. The third-order valence-corrected chi connectivity index (χ3v) is 2.06. The van der Waals surface area contributed by atoms with Gasteiger partial charge in [0, 0.05) is 13.5 Å². The van der Waals surface area contributed by atoms with Crippen LogP contribution in [0.15, 0.2) is 6.20 Å². The second-order valence-corrected chi connectivity index (χ2v) is 3.68. The number of aryl methyl sites for hydroxylation is 1. The Morgan fingerprint density at radius 1 is 1.76 bits per heavy atom. The van der Waals surface area contributed by atoms with Crippen LogP contribution in [-0.2, 0) is 11.3 Å². The zero-order chi connectivity index (χ0) is 13.0. The first kappa shape index (κ1) is 13.1. The van der Waals surface area contributed by atoms with E-state index in [9.17, 15) is 14.9 Å². The van der Waals surface area contributed by atoms with Crippen LogP contribution in [0.3, 0.4) is 0 Å². The lowest BCUT2D eigenvalue weighted by Crippen LogP contribution is -2.33. The van der Waals surface area contributed by atoms with E-state index in [0.717, 1.165) is 0 Å². The molecular formula is C9H14N4O4. The summed E-state index contributed by atoms with van der Waals surface area (Å²) >= 11 is 0. The van der Waals surface area contributed by atoms with Gasteiger partial charge in [-0.3, -0.25) is 9.36 Å². The van der Waals surface area contributed by atoms with E-state index >= 15 is 0 Å². The van der Waals surface area contributed by atoms with Gasteiger partial charge in [0.05, 0.1) is 6.10 Å². The van der Waals surface area contributed by atoms with Crippen molar-refractivity contribution in [3.63, 3.8) is 0 Å². The fourth-order valence-electron chi connectivity index (χ4n) is 1.21. The highest BCUT2D eigenvalue weighted by Gasteiger charge is 2.16. The van der Waals surface area contributed by atoms with E-state index < -0.39 is 11.0 Å². The van der Waals surface area contributed by atoms with Crippen LogP contribution in [-0.4, -0.2) is 38.1 Å². The average Bonchev–Trinajstić information content (AvgIpc) is 2.58. The molecule has 1 amide bonds. The highest BCUT2D eigenvalue weighted by Crippen LogP contribution is 2.09. The van der Waals surface area contributed by atoms with Gasteiger partial charge in [0.25, 0.3) is 0 Å². The van der Waals surface area contributed by atoms with E-state index in [1.165, 1.54) is 10.8 Å². The first-order chi connectivity index (χ1) is 7.90. The molecule has 0 aliphatic rings. The molecule has 8 nitrogen and oxygen atoms in total. The van der Waals surface area contributed by atoms with Crippen LogP contribution in [0.4, 0.5) is 5.82 Å². The fraction of sp³-hybridized carbons (Fsp3) is 0.556. The van der Waals surface area contributed by atoms with Gasteiger partial charge in [0.15, 0.2) is 0 Å². The molecule has 0 bridgehead atoms. The minimum Gasteiger partial charge on any atom is -0.392 e. The van der Waals surface area contributed by atoms with Crippen LogP contribution in [0, 0.1) is 17.0 Å². The molecule has 1 aromatic heterocycles. The van der Waals surface area contributed by atoms with Gasteiger partial charge >= 0.3 is 5.82 Å². The Labute approximate surface area is 97.4 Å². The van der Waals surface area contributed by atoms with Crippen molar-refractivity contribution in [3.05, 3.63) is 22.1 Å².